The Labute approximate surface area is 217 Å². The topological polar surface area (TPSA) is 150 Å². The number of amides is 1. The first-order valence-electron chi connectivity index (χ1n) is 12.8. The van der Waals surface area contributed by atoms with Gasteiger partial charge in [0, 0.05) is 5.92 Å². The second-order valence-corrected chi connectivity index (χ2v) is 9.66. The number of hydrogen-bond donors (Lipinski definition) is 5. The van der Waals surface area contributed by atoms with Crippen LogP contribution in [0.15, 0.2) is 36.4 Å². The van der Waals surface area contributed by atoms with Gasteiger partial charge in [0.1, 0.15) is 17.5 Å². The van der Waals surface area contributed by atoms with Crippen molar-refractivity contribution in [3.05, 3.63) is 47.8 Å². The third kappa shape index (κ3) is 6.90. The number of nitrogens with two attached hydrogens (primary N) is 2. The van der Waals surface area contributed by atoms with Crippen LogP contribution in [0.3, 0.4) is 0 Å². The van der Waals surface area contributed by atoms with Gasteiger partial charge in [-0.25, -0.2) is 15.2 Å². The molecule has 1 saturated carbocycles. The van der Waals surface area contributed by atoms with Crippen molar-refractivity contribution in [2.75, 3.05) is 17.8 Å². The van der Waals surface area contributed by atoms with Crippen molar-refractivity contribution in [3.8, 4) is 0 Å². The van der Waals surface area contributed by atoms with E-state index in [2.05, 4.69) is 15.6 Å². The number of halogens is 1. The average Bonchev–Trinajstić information content (AvgIpc) is 2.91. The Kier molecular flexibility index (Phi) is 9.71. The minimum atomic E-state index is -0.756. The maximum atomic E-state index is 13.7. The number of carbonyl (C=O) groups excluding carboxylic acids is 2. The molecule has 3 atom stereocenters. The molecule has 10 heteroatoms. The van der Waals surface area contributed by atoms with Crippen molar-refractivity contribution >= 4 is 34.7 Å². The molecule has 0 saturated heterocycles. The van der Waals surface area contributed by atoms with Crippen molar-refractivity contribution in [2.24, 2.45) is 11.8 Å². The van der Waals surface area contributed by atoms with E-state index in [-0.39, 0.29) is 35.0 Å². The Bertz CT molecular complexity index is 1100. The Morgan fingerprint density at radius 2 is 1.84 bits per heavy atom. The van der Waals surface area contributed by atoms with Crippen LogP contribution in [0.1, 0.15) is 63.9 Å². The molecule has 7 N–H and O–H groups in total. The van der Waals surface area contributed by atoms with Crippen molar-refractivity contribution in [1.29, 1.82) is 5.41 Å². The molecule has 1 fully saturated rings. The number of ketones is 1. The highest BCUT2D eigenvalue weighted by Gasteiger charge is 2.36. The molecule has 0 bridgehead atoms. The summed E-state index contributed by atoms with van der Waals surface area (Å²) in [6.07, 6.45) is 5.23. The van der Waals surface area contributed by atoms with Gasteiger partial charge in [0.05, 0.1) is 23.5 Å². The molecular formula is C27H38FN7O2. The number of anilines is 3. The number of nitrogens with one attached hydrogen (secondary N) is 3. The van der Waals surface area contributed by atoms with Gasteiger partial charge in [0.15, 0.2) is 5.78 Å². The molecule has 0 spiro atoms. The lowest BCUT2D eigenvalue weighted by atomic mass is 9.78. The number of aromatic nitrogens is 1. The number of nitrogen functional groups attached to an aromatic ring is 1. The van der Waals surface area contributed by atoms with E-state index in [9.17, 15) is 14.0 Å². The molecule has 1 amide bonds. The lowest BCUT2D eigenvalue weighted by molar-refractivity contribution is -0.127. The van der Waals surface area contributed by atoms with Crippen LogP contribution in [-0.4, -0.2) is 41.5 Å². The lowest BCUT2D eigenvalue weighted by Crippen LogP contribution is -2.53. The summed E-state index contributed by atoms with van der Waals surface area (Å²) in [5, 5.41) is 16.0. The van der Waals surface area contributed by atoms with E-state index >= 15 is 0 Å². The van der Waals surface area contributed by atoms with Crippen molar-refractivity contribution in [3.63, 3.8) is 0 Å². The zero-order chi connectivity index (χ0) is 27.1. The largest absolute Gasteiger partial charge is 0.384 e. The minimum absolute atomic E-state index is 0.0109. The van der Waals surface area contributed by atoms with Crippen LogP contribution in [0.4, 0.5) is 21.7 Å². The first kappa shape index (κ1) is 28.2. The van der Waals surface area contributed by atoms with Crippen LogP contribution >= 0.6 is 0 Å². The molecule has 1 aliphatic carbocycles. The Morgan fingerprint density at radius 3 is 2.43 bits per heavy atom. The average molecular weight is 512 g/mol. The number of hydrogen-bond acceptors (Lipinski definition) is 8. The summed E-state index contributed by atoms with van der Waals surface area (Å²) in [6, 6.07) is 7.73. The predicted molar refractivity (Wildman–Crippen MR) is 144 cm³/mol. The molecule has 1 aliphatic rings. The fraction of sp³-hybridized carbons (Fsp3) is 0.481. The second-order valence-electron chi connectivity index (χ2n) is 9.66. The van der Waals surface area contributed by atoms with E-state index in [1.807, 2.05) is 6.92 Å². The van der Waals surface area contributed by atoms with Gasteiger partial charge in [-0.1, -0.05) is 26.2 Å². The van der Waals surface area contributed by atoms with Crippen molar-refractivity contribution < 1.29 is 14.0 Å². The summed E-state index contributed by atoms with van der Waals surface area (Å²) < 4.78 is 13.4. The van der Waals surface area contributed by atoms with Gasteiger partial charge in [-0.3, -0.25) is 14.6 Å². The van der Waals surface area contributed by atoms with E-state index < -0.39 is 18.0 Å². The summed E-state index contributed by atoms with van der Waals surface area (Å²) in [5.74, 6) is 5.12. The summed E-state index contributed by atoms with van der Waals surface area (Å²) in [5.41, 5.74) is 7.13. The molecule has 2 aromatic rings. The van der Waals surface area contributed by atoms with E-state index in [4.69, 9.17) is 17.0 Å². The van der Waals surface area contributed by atoms with Gasteiger partial charge in [0.2, 0.25) is 5.91 Å². The van der Waals surface area contributed by atoms with Gasteiger partial charge < -0.3 is 21.8 Å². The van der Waals surface area contributed by atoms with E-state index in [0.29, 0.717) is 23.5 Å². The monoisotopic (exact) mass is 511 g/mol. The van der Waals surface area contributed by atoms with Gasteiger partial charge in [-0.15, -0.1) is 0 Å². The Hall–Kier alpha value is -3.37. The predicted octanol–water partition coefficient (Wildman–Crippen LogP) is 3.57. The fourth-order valence-corrected chi connectivity index (χ4v) is 4.84. The minimum Gasteiger partial charge on any atom is -0.384 e. The molecule has 1 aromatic heterocycles. The number of hydrazine groups is 1. The van der Waals surface area contributed by atoms with Crippen LogP contribution in [0.5, 0.6) is 0 Å². The third-order valence-electron chi connectivity index (χ3n) is 7.16. The SMILES string of the molecule is CC[C@H](C(=N)C(=O)[C@@H](NC(=O)[C@H](C)NC)C1CCCCC1)c1cc(N)nc(N(N)c2ccc(F)cc2)c1. The van der Waals surface area contributed by atoms with Crippen molar-refractivity contribution in [1.82, 2.24) is 15.6 Å². The first-order chi connectivity index (χ1) is 17.7. The van der Waals surface area contributed by atoms with E-state index in [0.717, 1.165) is 32.1 Å². The zero-order valence-corrected chi connectivity index (χ0v) is 21.8. The highest BCUT2D eigenvalue weighted by Crippen LogP contribution is 2.31. The van der Waals surface area contributed by atoms with Crippen LogP contribution in [0, 0.1) is 17.1 Å². The number of nitrogens with zero attached hydrogens (tertiary/aromatic N) is 2. The van der Waals surface area contributed by atoms with Crippen LogP contribution in [0.2, 0.25) is 0 Å². The number of likely N-dealkylation sites (N-methyl/N-ethyl adjacent to an activating group) is 1. The van der Waals surface area contributed by atoms with E-state index in [1.165, 1.54) is 29.3 Å². The molecule has 0 unspecified atom stereocenters. The maximum Gasteiger partial charge on any atom is 0.237 e. The molecule has 37 heavy (non-hydrogen) atoms. The summed E-state index contributed by atoms with van der Waals surface area (Å²) in [4.78, 5) is 30.8. The second kappa shape index (κ2) is 12.7. The van der Waals surface area contributed by atoms with Crippen LogP contribution in [0.25, 0.3) is 0 Å². The summed E-state index contributed by atoms with van der Waals surface area (Å²) >= 11 is 0. The molecule has 0 radical (unpaired) electrons. The smallest absolute Gasteiger partial charge is 0.237 e. The number of benzene rings is 1. The quantitative estimate of drug-likeness (QED) is 0.176. The van der Waals surface area contributed by atoms with Crippen LogP contribution in [-0.2, 0) is 9.59 Å². The van der Waals surface area contributed by atoms with Gasteiger partial charge in [-0.05, 0) is 81.1 Å². The third-order valence-corrected chi connectivity index (χ3v) is 7.16. The number of carbonyl (C=O) groups is 2. The molecular weight excluding hydrogens is 473 g/mol. The molecule has 9 nitrogen and oxygen atoms in total. The molecule has 3 rings (SSSR count). The fourth-order valence-electron chi connectivity index (χ4n) is 4.84. The van der Waals surface area contributed by atoms with Gasteiger partial charge >= 0.3 is 0 Å². The lowest BCUT2D eigenvalue weighted by Gasteiger charge is -2.32. The normalized spacial score (nSPS) is 16.5. The number of Topliss-reactive ketones (excluding diaryl/α,β-unsaturated/α-hetero) is 1. The zero-order valence-electron chi connectivity index (χ0n) is 21.8. The summed E-state index contributed by atoms with van der Waals surface area (Å²) in [6.45, 7) is 3.62. The molecule has 1 aromatic carbocycles. The van der Waals surface area contributed by atoms with Gasteiger partial charge in [-0.2, -0.15) is 0 Å². The van der Waals surface area contributed by atoms with Crippen molar-refractivity contribution in [2.45, 2.75) is 70.4 Å². The first-order valence-corrected chi connectivity index (χ1v) is 12.8. The van der Waals surface area contributed by atoms with E-state index in [1.54, 1.807) is 26.1 Å². The molecule has 1 heterocycles. The van der Waals surface area contributed by atoms with Gasteiger partial charge in [0.25, 0.3) is 0 Å². The number of rotatable bonds is 11. The molecule has 200 valence electrons. The summed E-state index contributed by atoms with van der Waals surface area (Å²) in [7, 11) is 1.69. The maximum absolute atomic E-state index is 13.7. The number of pyridine rings is 1. The Balaban J connectivity index is 1.89. The standard InChI is InChI=1S/C27H38FN7O2/c1-4-21(18-14-22(29)33-23(15-18)35(31)20-12-10-19(28)11-13-20)24(30)26(36)25(17-8-6-5-7-9-17)34-27(37)16(2)32-3/h10-17,21,25,30,32H,4-9,31H2,1-3H3,(H2,29,33)(H,34,37)/t16-,21-,25-/m0/s1. The molecule has 0 aliphatic heterocycles. The highest BCUT2D eigenvalue weighted by atomic mass is 19.1. The van der Waals surface area contributed by atoms with Crippen LogP contribution < -0.4 is 27.2 Å². The highest BCUT2D eigenvalue weighted by molar-refractivity contribution is 6.42. The Morgan fingerprint density at radius 1 is 1.19 bits per heavy atom.